The normalized spacial score (nSPS) is 18.4. The summed E-state index contributed by atoms with van der Waals surface area (Å²) in [6.07, 6.45) is 2.91. The van der Waals surface area contributed by atoms with E-state index >= 15 is 0 Å². The Morgan fingerprint density at radius 2 is 1.90 bits per heavy atom. The maximum Gasteiger partial charge on any atom is 0.238 e. The van der Waals surface area contributed by atoms with Gasteiger partial charge < -0.3 is 20.5 Å². The minimum Gasteiger partial charge on any atom is -0.490 e. The Hall–Kier alpha value is -2.71. The molecule has 8 heteroatoms. The summed E-state index contributed by atoms with van der Waals surface area (Å²) in [4.78, 5) is 27.0. The molecule has 0 spiro atoms. The van der Waals surface area contributed by atoms with Gasteiger partial charge in [0.25, 0.3) is 0 Å². The number of anilines is 1. The Bertz CT molecular complexity index is 952. The average molecular weight is 442 g/mol. The highest BCUT2D eigenvalue weighted by molar-refractivity contribution is 8.00. The molecule has 1 fully saturated rings. The number of para-hydroxylation sites is 1. The molecule has 2 amide bonds. The van der Waals surface area contributed by atoms with E-state index in [1.165, 1.54) is 11.8 Å². The van der Waals surface area contributed by atoms with Gasteiger partial charge in [-0.1, -0.05) is 18.2 Å². The van der Waals surface area contributed by atoms with E-state index in [1.807, 2.05) is 30.3 Å². The number of ether oxygens (including phenoxy) is 2. The Labute approximate surface area is 186 Å². The highest BCUT2D eigenvalue weighted by Gasteiger charge is 2.28. The Morgan fingerprint density at radius 3 is 2.74 bits per heavy atom. The number of nitrogens with zero attached hydrogens (tertiary/aromatic N) is 1. The summed E-state index contributed by atoms with van der Waals surface area (Å²) in [5.41, 5.74) is 7.10. The largest absolute Gasteiger partial charge is 0.490 e. The average Bonchev–Trinajstić information content (AvgIpc) is 3.08. The maximum atomic E-state index is 12.8. The first-order chi connectivity index (χ1) is 15.1. The van der Waals surface area contributed by atoms with Gasteiger partial charge in [0, 0.05) is 17.4 Å². The second kappa shape index (κ2) is 10.1. The van der Waals surface area contributed by atoms with Crippen LogP contribution in [-0.4, -0.2) is 48.8 Å². The molecule has 0 bridgehead atoms. The lowest BCUT2D eigenvalue weighted by Gasteiger charge is -2.25. The first-order valence-electron chi connectivity index (χ1n) is 10.5. The molecule has 1 saturated heterocycles. The summed E-state index contributed by atoms with van der Waals surface area (Å²) < 4.78 is 11.6. The third-order valence-electron chi connectivity index (χ3n) is 5.40. The van der Waals surface area contributed by atoms with Crippen molar-refractivity contribution in [2.75, 3.05) is 37.4 Å². The fraction of sp³-hybridized carbons (Fsp3) is 0.391. The van der Waals surface area contributed by atoms with Crippen molar-refractivity contribution >= 4 is 29.3 Å². The summed E-state index contributed by atoms with van der Waals surface area (Å²) >= 11 is 1.32. The summed E-state index contributed by atoms with van der Waals surface area (Å²) in [5, 5.41) is 2.99. The van der Waals surface area contributed by atoms with E-state index in [2.05, 4.69) is 22.3 Å². The van der Waals surface area contributed by atoms with Gasteiger partial charge in [0.05, 0.1) is 31.2 Å². The number of amides is 2. The number of nitrogens with one attached hydrogen (secondary N) is 1. The zero-order valence-corrected chi connectivity index (χ0v) is 18.2. The van der Waals surface area contributed by atoms with Gasteiger partial charge in [-0.25, -0.2) is 0 Å². The molecule has 4 rings (SSSR count). The van der Waals surface area contributed by atoms with E-state index in [-0.39, 0.29) is 23.6 Å². The molecule has 2 aliphatic heterocycles. The molecule has 1 atom stereocenters. The third-order valence-corrected chi connectivity index (χ3v) is 6.49. The van der Waals surface area contributed by atoms with Crippen molar-refractivity contribution < 1.29 is 19.1 Å². The van der Waals surface area contributed by atoms with Crippen LogP contribution in [0.2, 0.25) is 0 Å². The zero-order chi connectivity index (χ0) is 21.6. The Kier molecular flexibility index (Phi) is 6.99. The van der Waals surface area contributed by atoms with E-state index in [0.29, 0.717) is 25.4 Å². The highest BCUT2D eigenvalue weighted by Crippen LogP contribution is 2.38. The maximum absolute atomic E-state index is 12.8. The molecule has 7 nitrogen and oxygen atoms in total. The second-order valence-corrected chi connectivity index (χ2v) is 8.70. The fourth-order valence-electron chi connectivity index (χ4n) is 4.00. The summed E-state index contributed by atoms with van der Waals surface area (Å²) in [7, 11) is 0. The third kappa shape index (κ3) is 5.51. The fourth-order valence-corrected chi connectivity index (χ4v) is 4.75. The molecular formula is C23H27N3O4S. The number of thioether (sulfide) groups is 1. The predicted molar refractivity (Wildman–Crippen MR) is 121 cm³/mol. The van der Waals surface area contributed by atoms with Crippen LogP contribution in [0.3, 0.4) is 0 Å². The number of benzene rings is 2. The van der Waals surface area contributed by atoms with E-state index in [9.17, 15) is 9.59 Å². The first-order valence-corrected chi connectivity index (χ1v) is 11.5. The van der Waals surface area contributed by atoms with E-state index in [0.717, 1.165) is 47.8 Å². The van der Waals surface area contributed by atoms with Crippen LogP contribution in [0.15, 0.2) is 47.4 Å². The van der Waals surface area contributed by atoms with Gasteiger partial charge in [0.15, 0.2) is 11.5 Å². The number of hydrogen-bond donors (Lipinski definition) is 2. The molecule has 0 aliphatic carbocycles. The standard InChI is InChI=1S/C23H27N3O4S/c24-22(27)15-31-21-7-2-1-5-17(21)25-23(28)14-26-10-3-6-18(26)16-8-9-19-20(13-16)30-12-4-11-29-19/h1-2,5,7-9,13,18H,3-4,6,10-12,14-15H2,(H2,24,27)(H,25,28)/t18-/m0/s1. The van der Waals surface area contributed by atoms with Gasteiger partial charge in [0.1, 0.15) is 0 Å². The van der Waals surface area contributed by atoms with Crippen molar-refractivity contribution in [2.24, 2.45) is 5.73 Å². The number of carbonyl (C=O) groups is 2. The van der Waals surface area contributed by atoms with Crippen molar-refractivity contribution in [2.45, 2.75) is 30.2 Å². The highest BCUT2D eigenvalue weighted by atomic mass is 32.2. The van der Waals surface area contributed by atoms with Gasteiger partial charge in [-0.2, -0.15) is 0 Å². The van der Waals surface area contributed by atoms with Gasteiger partial charge in [-0.15, -0.1) is 11.8 Å². The molecule has 31 heavy (non-hydrogen) atoms. The van der Waals surface area contributed by atoms with E-state index in [4.69, 9.17) is 15.2 Å². The summed E-state index contributed by atoms with van der Waals surface area (Å²) in [6.45, 7) is 2.49. The number of primary amides is 1. The number of rotatable bonds is 7. The Morgan fingerprint density at radius 1 is 1.10 bits per heavy atom. The van der Waals surface area contributed by atoms with Crippen molar-refractivity contribution in [1.82, 2.24) is 4.90 Å². The van der Waals surface area contributed by atoms with Crippen molar-refractivity contribution in [1.29, 1.82) is 0 Å². The molecule has 0 saturated carbocycles. The molecule has 0 radical (unpaired) electrons. The molecule has 0 aromatic heterocycles. The van der Waals surface area contributed by atoms with Crippen molar-refractivity contribution in [3.63, 3.8) is 0 Å². The Balaban J connectivity index is 1.42. The first kappa shape index (κ1) is 21.5. The number of carbonyl (C=O) groups excluding carboxylic acids is 2. The SMILES string of the molecule is NC(=O)CSc1ccccc1NC(=O)CN1CCC[C@H]1c1ccc2c(c1)OCCCO2. The minimum absolute atomic E-state index is 0.0756. The lowest BCUT2D eigenvalue weighted by molar-refractivity contribution is -0.117. The topological polar surface area (TPSA) is 93.9 Å². The number of nitrogens with two attached hydrogens (primary N) is 1. The summed E-state index contributed by atoms with van der Waals surface area (Å²) in [6, 6.07) is 13.7. The molecule has 164 valence electrons. The minimum atomic E-state index is -0.388. The van der Waals surface area contributed by atoms with E-state index in [1.54, 1.807) is 0 Å². The summed E-state index contributed by atoms with van der Waals surface area (Å²) in [5.74, 6) is 1.28. The van der Waals surface area contributed by atoms with Crippen LogP contribution in [0.4, 0.5) is 5.69 Å². The van der Waals surface area contributed by atoms with Gasteiger partial charge in [0.2, 0.25) is 11.8 Å². The van der Waals surface area contributed by atoms with Crippen LogP contribution in [0.5, 0.6) is 11.5 Å². The van der Waals surface area contributed by atoms with Crippen LogP contribution in [-0.2, 0) is 9.59 Å². The van der Waals surface area contributed by atoms with Crippen LogP contribution in [0.25, 0.3) is 0 Å². The predicted octanol–water partition coefficient (Wildman–Crippen LogP) is 3.20. The zero-order valence-electron chi connectivity index (χ0n) is 17.3. The van der Waals surface area contributed by atoms with Crippen LogP contribution in [0, 0.1) is 0 Å². The van der Waals surface area contributed by atoms with Gasteiger partial charge in [-0.3, -0.25) is 14.5 Å². The smallest absolute Gasteiger partial charge is 0.238 e. The molecule has 0 unspecified atom stereocenters. The molecule has 3 N–H and O–H groups in total. The van der Waals surface area contributed by atoms with Crippen LogP contribution < -0.4 is 20.5 Å². The van der Waals surface area contributed by atoms with Crippen molar-refractivity contribution in [3.8, 4) is 11.5 Å². The lowest BCUT2D eigenvalue weighted by atomic mass is 10.0. The number of likely N-dealkylation sites (tertiary alicyclic amines) is 1. The second-order valence-electron chi connectivity index (χ2n) is 7.68. The molecule has 2 aliphatic rings. The van der Waals surface area contributed by atoms with Gasteiger partial charge >= 0.3 is 0 Å². The lowest BCUT2D eigenvalue weighted by Crippen LogP contribution is -2.33. The molecule has 2 aromatic rings. The van der Waals surface area contributed by atoms with Crippen molar-refractivity contribution in [3.05, 3.63) is 48.0 Å². The van der Waals surface area contributed by atoms with Crippen LogP contribution in [0.1, 0.15) is 30.9 Å². The van der Waals surface area contributed by atoms with E-state index < -0.39 is 0 Å². The van der Waals surface area contributed by atoms with Crippen LogP contribution >= 0.6 is 11.8 Å². The van der Waals surface area contributed by atoms with Gasteiger partial charge in [-0.05, 0) is 49.2 Å². The molecule has 2 aromatic carbocycles. The molecular weight excluding hydrogens is 414 g/mol. The monoisotopic (exact) mass is 441 g/mol. The number of hydrogen-bond acceptors (Lipinski definition) is 6. The quantitative estimate of drug-likeness (QED) is 0.641. The number of fused-ring (bicyclic) bond motifs is 1. The molecule has 2 heterocycles.